The Kier molecular flexibility index (Phi) is 15.8. The van der Waals surface area contributed by atoms with Gasteiger partial charge in [-0.3, -0.25) is 0 Å². The molecule has 66 heavy (non-hydrogen) atoms. The number of methoxy groups -OCH3 is 4. The predicted molar refractivity (Wildman–Crippen MR) is 210 cm³/mol. The van der Waals surface area contributed by atoms with E-state index in [9.17, 15) is 0 Å². The van der Waals surface area contributed by atoms with Gasteiger partial charge in [-0.2, -0.15) is 35.1 Å². The molecule has 0 radical (unpaired) electrons. The third kappa shape index (κ3) is 8.26. The van der Waals surface area contributed by atoms with Crippen molar-refractivity contribution in [2.45, 2.75) is 102 Å². The molecule has 0 bridgehead atoms. The van der Waals surface area contributed by atoms with Crippen LogP contribution in [0.15, 0.2) is 0 Å². The van der Waals surface area contributed by atoms with Crippen molar-refractivity contribution < 1.29 is 94.5 Å². The zero-order valence-corrected chi connectivity index (χ0v) is 36.3. The maximum absolute atomic E-state index is 16.1. The van der Waals surface area contributed by atoms with Crippen molar-refractivity contribution in [3.8, 4) is 23.0 Å². The number of hydrogen-bond donors (Lipinski definition) is 1. The molecule has 2 N–H and O–H groups in total. The van der Waals surface area contributed by atoms with Crippen LogP contribution >= 0.6 is 0 Å². The van der Waals surface area contributed by atoms with E-state index < -0.39 is 144 Å². The first-order chi connectivity index (χ1) is 31.1. The maximum atomic E-state index is 16.1. The lowest BCUT2D eigenvalue weighted by atomic mass is 9.12. The Morgan fingerprint density at radius 1 is 0.333 bits per heavy atom. The second kappa shape index (κ2) is 20.1. The smallest absolute Gasteiger partial charge is 0.200 e. The highest BCUT2D eigenvalue weighted by Crippen LogP contribution is 2.37. The predicted octanol–water partition coefficient (Wildman–Crippen LogP) is 9.10. The number of quaternary nitrogens is 1. The normalized spacial score (nSPS) is 15.8. The Morgan fingerprint density at radius 2 is 0.515 bits per heavy atom. The first kappa shape index (κ1) is 52.0. The fraction of sp³-hybridized carbons (Fsp3) is 0.455. The standard InChI is InChI=1S/C28H12BF16O4.C16H31N/c1-46-25-17(38)9(30)5(10(31)18(25)39)29(6-11(32)19(40)26(47-2)20(41)12(6)33,7-13(34)21(42)27(48-3)22(43)14(7)35)8-15(36)23(44)28(49-4)24(45)16(8)37;1-3-15(11-7-5-8-12-15)17-16(4-2)13-9-6-10-14-16/h1-4H3;17H,3-14H2,1-2H3/q-1;/p+1. The summed E-state index contributed by atoms with van der Waals surface area (Å²) in [6, 6.07) is 0. The van der Waals surface area contributed by atoms with Gasteiger partial charge in [-0.1, -0.05) is 26.7 Å². The van der Waals surface area contributed by atoms with E-state index in [0.29, 0.717) is 39.5 Å². The molecule has 0 atom stereocenters. The average molecular weight is 966 g/mol. The SMILES string of the molecule is CCC1([NH2+]C2(CC)CCCCC2)CCCCC1.COc1c(F)c(F)c([B-](c2c(F)c(F)c(OC)c(F)c2F)(c2c(F)c(F)c(OC)c(F)c2F)c2c(F)c(F)c(OC)c(F)c2F)c(F)c1F. The topological polar surface area (TPSA) is 53.5 Å². The highest BCUT2D eigenvalue weighted by molar-refractivity contribution is 7.20. The van der Waals surface area contributed by atoms with Crippen molar-refractivity contribution in [1.82, 2.24) is 0 Å². The van der Waals surface area contributed by atoms with Crippen LogP contribution in [0, 0.1) is 93.1 Å². The minimum atomic E-state index is -6.80. The molecule has 0 heterocycles. The Labute approximate surface area is 368 Å². The molecular weight excluding hydrogens is 921 g/mol. The first-order valence-electron chi connectivity index (χ1n) is 20.7. The first-order valence-corrected chi connectivity index (χ1v) is 20.7. The van der Waals surface area contributed by atoms with Crippen LogP contribution in [0.2, 0.25) is 0 Å². The number of rotatable bonds is 12. The number of benzene rings is 4. The molecule has 5 nitrogen and oxygen atoms in total. The lowest BCUT2D eigenvalue weighted by molar-refractivity contribution is -0.796. The van der Waals surface area contributed by atoms with Gasteiger partial charge in [0.25, 0.3) is 0 Å². The van der Waals surface area contributed by atoms with Crippen LogP contribution in [0.5, 0.6) is 23.0 Å². The van der Waals surface area contributed by atoms with E-state index in [0.717, 1.165) is 0 Å². The molecule has 2 aliphatic carbocycles. The van der Waals surface area contributed by atoms with E-state index in [1.165, 1.54) is 77.0 Å². The lowest BCUT2D eigenvalue weighted by Crippen LogP contribution is -3.06. The molecular formula is C44H44BF16NO4. The van der Waals surface area contributed by atoms with Crippen LogP contribution in [-0.4, -0.2) is 45.7 Å². The van der Waals surface area contributed by atoms with Crippen LogP contribution in [0.1, 0.15) is 90.9 Å². The largest absolute Gasteiger partial charge is 0.491 e. The van der Waals surface area contributed by atoms with Gasteiger partial charge in [0.2, 0.25) is 46.5 Å². The van der Waals surface area contributed by atoms with Gasteiger partial charge in [0.1, 0.15) is 52.7 Å². The quantitative estimate of drug-likeness (QED) is 0.0876. The van der Waals surface area contributed by atoms with E-state index in [4.69, 9.17) is 0 Å². The number of ether oxygens (including phenoxy) is 4. The van der Waals surface area contributed by atoms with Crippen molar-refractivity contribution in [3.63, 3.8) is 0 Å². The van der Waals surface area contributed by atoms with Crippen molar-refractivity contribution in [2.75, 3.05) is 28.4 Å². The van der Waals surface area contributed by atoms with E-state index in [-0.39, 0.29) is 0 Å². The molecule has 2 saturated carbocycles. The van der Waals surface area contributed by atoms with E-state index >= 15 is 70.2 Å². The zero-order chi connectivity index (χ0) is 49.4. The minimum absolute atomic E-state index is 0.327. The Hall–Kier alpha value is -5.02. The summed E-state index contributed by atoms with van der Waals surface area (Å²) in [6.07, 6.45) is 10.7. The Bertz CT molecular complexity index is 2060. The summed E-state index contributed by atoms with van der Waals surface area (Å²) in [5.41, 5.74) is -11.4. The Balaban J connectivity index is 0.000000400. The number of halogens is 16. The molecule has 0 saturated heterocycles. The summed E-state index contributed by atoms with van der Waals surface area (Å²) in [5, 5.41) is 2.87. The van der Waals surface area contributed by atoms with E-state index in [2.05, 4.69) is 38.1 Å². The lowest BCUT2D eigenvalue weighted by Gasteiger charge is -2.45. The maximum Gasteiger partial charge on any atom is 0.200 e. The summed E-state index contributed by atoms with van der Waals surface area (Å²) < 4.78 is 267. The summed E-state index contributed by atoms with van der Waals surface area (Å²) in [6.45, 7) is 4.85. The fourth-order valence-corrected chi connectivity index (χ4v) is 9.98. The highest BCUT2D eigenvalue weighted by atomic mass is 19.2. The van der Waals surface area contributed by atoms with Crippen molar-refractivity contribution in [2.24, 2.45) is 0 Å². The third-order valence-corrected chi connectivity index (χ3v) is 13.3. The second-order valence-corrected chi connectivity index (χ2v) is 16.4. The van der Waals surface area contributed by atoms with Crippen LogP contribution < -0.4 is 46.1 Å². The summed E-state index contributed by atoms with van der Waals surface area (Å²) in [4.78, 5) is 0. The van der Waals surface area contributed by atoms with Crippen molar-refractivity contribution >= 4 is 28.0 Å². The van der Waals surface area contributed by atoms with Crippen LogP contribution in [0.3, 0.4) is 0 Å². The zero-order valence-electron chi connectivity index (χ0n) is 36.3. The molecule has 0 spiro atoms. The molecule has 0 amide bonds. The van der Waals surface area contributed by atoms with Crippen molar-refractivity contribution in [1.29, 1.82) is 0 Å². The van der Waals surface area contributed by atoms with E-state index in [1.807, 2.05) is 0 Å². The minimum Gasteiger partial charge on any atom is -0.491 e. The van der Waals surface area contributed by atoms with Gasteiger partial charge in [-0.25, -0.2) is 35.1 Å². The van der Waals surface area contributed by atoms with Gasteiger partial charge >= 0.3 is 0 Å². The van der Waals surface area contributed by atoms with Crippen molar-refractivity contribution in [3.05, 3.63) is 93.1 Å². The summed E-state index contributed by atoms with van der Waals surface area (Å²) in [7, 11) is 1.31. The summed E-state index contributed by atoms with van der Waals surface area (Å²) in [5.74, 6) is -57.7. The molecule has 4 aromatic rings. The molecule has 22 heteroatoms. The van der Waals surface area contributed by atoms with Crippen LogP contribution in [0.4, 0.5) is 70.2 Å². The molecule has 0 unspecified atom stereocenters. The third-order valence-electron chi connectivity index (χ3n) is 13.3. The highest BCUT2D eigenvalue weighted by Gasteiger charge is 2.53. The van der Waals surface area contributed by atoms with Gasteiger partial charge in [-0.05, 0) is 38.5 Å². The average Bonchev–Trinajstić information content (AvgIpc) is 3.30. The molecule has 4 aromatic carbocycles. The van der Waals surface area contributed by atoms with Gasteiger partial charge in [0, 0.05) is 25.7 Å². The molecule has 364 valence electrons. The molecule has 2 aliphatic rings. The van der Waals surface area contributed by atoms with Crippen LogP contribution in [-0.2, 0) is 0 Å². The van der Waals surface area contributed by atoms with Gasteiger partial charge in [0.05, 0.1) is 39.5 Å². The fourth-order valence-electron chi connectivity index (χ4n) is 9.98. The Morgan fingerprint density at radius 3 is 0.667 bits per heavy atom. The molecule has 0 aliphatic heterocycles. The van der Waals surface area contributed by atoms with E-state index in [1.54, 1.807) is 0 Å². The number of nitrogens with two attached hydrogens (primary N) is 1. The van der Waals surface area contributed by atoms with Gasteiger partial charge in [-0.15, -0.1) is 21.9 Å². The van der Waals surface area contributed by atoms with Gasteiger partial charge < -0.3 is 24.3 Å². The summed E-state index contributed by atoms with van der Waals surface area (Å²) >= 11 is 0. The molecule has 2 fully saturated rings. The van der Waals surface area contributed by atoms with Gasteiger partial charge in [0.15, 0.2) is 23.0 Å². The molecule has 6 rings (SSSR count). The second-order valence-electron chi connectivity index (χ2n) is 16.4. The monoisotopic (exact) mass is 965 g/mol. The number of hydrogen-bond acceptors (Lipinski definition) is 4. The molecule has 0 aromatic heterocycles. The van der Waals surface area contributed by atoms with Crippen LogP contribution in [0.25, 0.3) is 0 Å².